The molecule has 5 rings (SSSR count). The van der Waals surface area contributed by atoms with E-state index >= 15 is 0 Å². The number of amides is 1. The molecule has 0 radical (unpaired) electrons. The third-order valence-corrected chi connectivity index (χ3v) is 6.55. The summed E-state index contributed by atoms with van der Waals surface area (Å²) in [5.41, 5.74) is 1.71. The summed E-state index contributed by atoms with van der Waals surface area (Å²) in [5.74, 6) is -0.295. The van der Waals surface area contributed by atoms with Gasteiger partial charge in [-0.1, -0.05) is 18.9 Å². The Kier molecular flexibility index (Phi) is 4.04. The molecule has 0 bridgehead atoms. The zero-order chi connectivity index (χ0) is 18.4. The van der Waals surface area contributed by atoms with E-state index in [2.05, 4.69) is 10.4 Å². The fourth-order valence-electron chi connectivity index (χ4n) is 5.22. The molecule has 1 aliphatic carbocycles. The van der Waals surface area contributed by atoms with E-state index in [9.17, 15) is 9.18 Å². The van der Waals surface area contributed by atoms with Crippen molar-refractivity contribution >= 4 is 11.6 Å². The number of hydrogen-bond donors (Lipinski definition) is 1. The zero-order valence-corrected chi connectivity index (χ0v) is 15.5. The van der Waals surface area contributed by atoms with E-state index in [1.54, 1.807) is 17.0 Å². The highest BCUT2D eigenvalue weighted by molar-refractivity contribution is 6.06. The van der Waals surface area contributed by atoms with E-state index in [1.807, 2.05) is 16.9 Å². The number of carbonyl (C=O) groups excluding carboxylic acids is 1. The monoisotopic (exact) mass is 368 g/mol. The molecule has 5 nitrogen and oxygen atoms in total. The molecule has 1 aromatic heterocycles. The van der Waals surface area contributed by atoms with Crippen molar-refractivity contribution in [1.29, 1.82) is 0 Å². The van der Waals surface area contributed by atoms with Gasteiger partial charge in [-0.15, -0.1) is 0 Å². The van der Waals surface area contributed by atoms with Crippen LogP contribution in [0.25, 0.3) is 0 Å². The molecular weight excluding hydrogens is 343 g/mol. The van der Waals surface area contributed by atoms with Gasteiger partial charge >= 0.3 is 0 Å². The summed E-state index contributed by atoms with van der Waals surface area (Å²) in [6, 6.07) is 7.21. The summed E-state index contributed by atoms with van der Waals surface area (Å²) < 4.78 is 16.6. The molecule has 1 saturated carbocycles. The van der Waals surface area contributed by atoms with Crippen molar-refractivity contribution in [2.24, 2.45) is 0 Å². The van der Waals surface area contributed by atoms with Gasteiger partial charge in [-0.25, -0.2) is 4.39 Å². The number of aromatic nitrogens is 2. The van der Waals surface area contributed by atoms with E-state index in [0.29, 0.717) is 18.3 Å². The number of fused-ring (bicyclic) bond motifs is 2. The minimum absolute atomic E-state index is 0.117. The lowest BCUT2D eigenvalue weighted by molar-refractivity contribution is 0.0978. The van der Waals surface area contributed by atoms with Crippen molar-refractivity contribution < 1.29 is 9.18 Å². The third kappa shape index (κ3) is 2.69. The lowest BCUT2D eigenvalue weighted by Gasteiger charge is -2.24. The Morgan fingerprint density at radius 2 is 2.07 bits per heavy atom. The number of nitrogens with zero attached hydrogens (tertiary/aromatic N) is 3. The summed E-state index contributed by atoms with van der Waals surface area (Å²) in [5, 5.41) is 7.96. The highest BCUT2D eigenvalue weighted by Gasteiger charge is 2.48. The molecule has 2 fully saturated rings. The van der Waals surface area contributed by atoms with Crippen molar-refractivity contribution in [3.63, 3.8) is 0 Å². The molecule has 1 saturated heterocycles. The van der Waals surface area contributed by atoms with Crippen molar-refractivity contribution in [2.75, 3.05) is 24.5 Å². The van der Waals surface area contributed by atoms with Crippen LogP contribution in [0.4, 0.5) is 10.1 Å². The second-order valence-electron chi connectivity index (χ2n) is 8.19. The summed E-state index contributed by atoms with van der Waals surface area (Å²) in [4.78, 5) is 15.0. The van der Waals surface area contributed by atoms with Gasteiger partial charge in [0.2, 0.25) is 0 Å². The molecule has 3 aliphatic rings. The molecule has 1 N–H and O–H groups in total. The van der Waals surface area contributed by atoms with Crippen LogP contribution in [0.2, 0.25) is 0 Å². The number of benzene rings is 1. The molecule has 1 amide bonds. The maximum absolute atomic E-state index is 14.7. The Morgan fingerprint density at radius 1 is 1.22 bits per heavy atom. The number of rotatable bonds is 2. The van der Waals surface area contributed by atoms with E-state index < -0.39 is 0 Å². The second kappa shape index (κ2) is 6.44. The lowest BCUT2D eigenvalue weighted by atomic mass is 9.80. The Labute approximate surface area is 158 Å². The van der Waals surface area contributed by atoms with Crippen LogP contribution in [0, 0.1) is 5.82 Å². The smallest absolute Gasteiger partial charge is 0.278 e. The number of halogens is 1. The molecule has 27 heavy (non-hydrogen) atoms. The molecule has 142 valence electrons. The summed E-state index contributed by atoms with van der Waals surface area (Å²) in [6.45, 7) is 2.50. The fourth-order valence-corrected chi connectivity index (χ4v) is 5.22. The lowest BCUT2D eigenvalue weighted by Crippen LogP contribution is -2.36. The molecule has 2 aromatic rings. The number of carbonyl (C=O) groups is 1. The van der Waals surface area contributed by atoms with Crippen LogP contribution in [0.5, 0.6) is 0 Å². The first-order valence-electron chi connectivity index (χ1n) is 10.0. The van der Waals surface area contributed by atoms with E-state index in [-0.39, 0.29) is 17.1 Å². The molecule has 1 spiro atoms. The summed E-state index contributed by atoms with van der Waals surface area (Å²) in [6.07, 6.45) is 8.19. The zero-order valence-electron chi connectivity index (χ0n) is 15.5. The van der Waals surface area contributed by atoms with Gasteiger partial charge in [0.15, 0.2) is 5.69 Å². The summed E-state index contributed by atoms with van der Waals surface area (Å²) in [7, 11) is 0. The molecule has 2 aliphatic heterocycles. The first-order chi connectivity index (χ1) is 13.2. The first kappa shape index (κ1) is 16.9. The predicted octanol–water partition coefficient (Wildman–Crippen LogP) is 3.42. The number of anilines is 1. The van der Waals surface area contributed by atoms with Crippen molar-refractivity contribution in [3.05, 3.63) is 47.5 Å². The normalized spacial score (nSPS) is 23.7. The molecule has 6 heteroatoms. The third-order valence-electron chi connectivity index (χ3n) is 6.55. The minimum Gasteiger partial charge on any atom is -0.315 e. The molecule has 1 aromatic carbocycles. The van der Waals surface area contributed by atoms with Crippen LogP contribution < -0.4 is 10.2 Å². The minimum atomic E-state index is -0.216. The van der Waals surface area contributed by atoms with Gasteiger partial charge in [0, 0.05) is 30.3 Å². The van der Waals surface area contributed by atoms with Crippen molar-refractivity contribution in [1.82, 2.24) is 15.1 Å². The molecule has 1 atom stereocenters. The second-order valence-corrected chi connectivity index (χ2v) is 8.19. The largest absolute Gasteiger partial charge is 0.315 e. The van der Waals surface area contributed by atoms with E-state index in [1.165, 1.54) is 6.07 Å². The summed E-state index contributed by atoms with van der Waals surface area (Å²) >= 11 is 0. The standard InChI is InChI=1S/C21H25FN4O/c22-16-6-3-7-18-19(16)21(9-1-2-10-21)14-25(18)20(27)17-8-12-26(24-17)15-5-4-11-23-13-15/h3,6-8,12,15,23H,1-2,4-5,9-11,13-14H2. The first-order valence-corrected chi connectivity index (χ1v) is 10.0. The Hall–Kier alpha value is -2.21. The van der Waals surface area contributed by atoms with Gasteiger partial charge in [-0.05, 0) is 50.4 Å². The van der Waals surface area contributed by atoms with Crippen molar-refractivity contribution in [2.45, 2.75) is 50.0 Å². The number of hydrogen-bond acceptors (Lipinski definition) is 3. The number of nitrogens with one attached hydrogen (secondary N) is 1. The average Bonchev–Trinajstić information content (AvgIpc) is 3.43. The Balaban J connectivity index is 1.46. The Bertz CT molecular complexity index is 865. The van der Waals surface area contributed by atoms with Gasteiger partial charge in [-0.2, -0.15) is 5.10 Å². The van der Waals surface area contributed by atoms with E-state index in [4.69, 9.17) is 0 Å². The maximum Gasteiger partial charge on any atom is 0.278 e. The highest BCUT2D eigenvalue weighted by Crippen LogP contribution is 2.51. The van der Waals surface area contributed by atoms with Crippen LogP contribution in [0.1, 0.15) is 60.6 Å². The van der Waals surface area contributed by atoms with Gasteiger partial charge in [0.05, 0.1) is 11.7 Å². The van der Waals surface area contributed by atoms with Crippen LogP contribution in [0.3, 0.4) is 0 Å². The quantitative estimate of drug-likeness (QED) is 0.884. The van der Waals surface area contributed by atoms with Crippen LogP contribution in [0.15, 0.2) is 30.5 Å². The molecule has 3 heterocycles. The maximum atomic E-state index is 14.7. The Morgan fingerprint density at radius 3 is 2.85 bits per heavy atom. The van der Waals surface area contributed by atoms with Crippen LogP contribution >= 0.6 is 0 Å². The molecular formula is C21H25FN4O. The topological polar surface area (TPSA) is 50.2 Å². The average molecular weight is 368 g/mol. The highest BCUT2D eigenvalue weighted by atomic mass is 19.1. The predicted molar refractivity (Wildman–Crippen MR) is 102 cm³/mol. The van der Waals surface area contributed by atoms with E-state index in [0.717, 1.165) is 62.9 Å². The molecule has 1 unspecified atom stereocenters. The van der Waals surface area contributed by atoms with Gasteiger partial charge < -0.3 is 10.2 Å². The number of piperidine rings is 1. The van der Waals surface area contributed by atoms with Crippen LogP contribution in [-0.2, 0) is 5.41 Å². The van der Waals surface area contributed by atoms with Gasteiger partial charge in [0.25, 0.3) is 5.91 Å². The fraction of sp³-hybridized carbons (Fsp3) is 0.524. The van der Waals surface area contributed by atoms with Crippen LogP contribution in [-0.4, -0.2) is 35.3 Å². The van der Waals surface area contributed by atoms with Gasteiger partial charge in [0.1, 0.15) is 5.82 Å². The SMILES string of the molecule is O=C(c1ccn(C2CCCNC2)n1)N1CC2(CCCC2)c2c(F)cccc21. The van der Waals surface area contributed by atoms with Gasteiger partial charge in [-0.3, -0.25) is 9.48 Å². The van der Waals surface area contributed by atoms with Crippen molar-refractivity contribution in [3.8, 4) is 0 Å².